The van der Waals surface area contributed by atoms with Gasteiger partial charge in [0.15, 0.2) is 5.11 Å². The molecule has 5 N–H and O–H groups in total. The molecule has 33 heavy (non-hydrogen) atoms. The lowest BCUT2D eigenvalue weighted by Crippen LogP contribution is -2.61. The molecule has 1 saturated carbocycles. The number of fused-ring (bicyclic) bond motifs is 1. The second kappa shape index (κ2) is 8.42. The van der Waals surface area contributed by atoms with E-state index < -0.39 is 34.7 Å². The summed E-state index contributed by atoms with van der Waals surface area (Å²) >= 11 is 5.25. The van der Waals surface area contributed by atoms with Crippen molar-refractivity contribution < 1.29 is 14.4 Å². The van der Waals surface area contributed by atoms with Gasteiger partial charge in [-0.2, -0.15) is 5.26 Å². The molecule has 182 valence electrons. The van der Waals surface area contributed by atoms with E-state index in [1.54, 1.807) is 11.9 Å². The van der Waals surface area contributed by atoms with Gasteiger partial charge in [0, 0.05) is 31.5 Å². The summed E-state index contributed by atoms with van der Waals surface area (Å²) < 4.78 is 0. The van der Waals surface area contributed by atoms with Crippen LogP contribution in [-0.2, 0) is 14.4 Å². The number of nitrogens with two attached hydrogens (primary N) is 1. The third-order valence-corrected chi connectivity index (χ3v) is 8.53. The van der Waals surface area contributed by atoms with Gasteiger partial charge in [0.2, 0.25) is 17.7 Å². The molecule has 3 amide bonds. The second-order valence-electron chi connectivity index (χ2n) is 11.2. The molecule has 0 radical (unpaired) electrons. The van der Waals surface area contributed by atoms with Gasteiger partial charge in [-0.15, -0.1) is 0 Å². The molecule has 3 fully saturated rings. The molecule has 3 rings (SSSR count). The molecule has 10 heteroatoms. The average Bonchev–Trinajstić information content (AvgIpc) is 3.08. The van der Waals surface area contributed by atoms with Crippen molar-refractivity contribution >= 4 is 35.1 Å². The molecule has 0 aromatic carbocycles. The summed E-state index contributed by atoms with van der Waals surface area (Å²) in [5.74, 6) is -1.83. The maximum absolute atomic E-state index is 13.8. The summed E-state index contributed by atoms with van der Waals surface area (Å²) in [6, 6.07) is 0.798. The lowest BCUT2D eigenvalue weighted by Gasteiger charge is -2.40. The number of hydrogen-bond donors (Lipinski definition) is 4. The number of nitrogens with one attached hydrogen (secondary N) is 3. The number of carbonyl (C=O) groups is 3. The molecule has 3 unspecified atom stereocenters. The number of nitrogens with zero attached hydrogens (tertiary/aromatic N) is 2. The Morgan fingerprint density at radius 3 is 2.48 bits per heavy atom. The van der Waals surface area contributed by atoms with E-state index in [4.69, 9.17) is 18.0 Å². The van der Waals surface area contributed by atoms with Gasteiger partial charge in [0.25, 0.3) is 0 Å². The van der Waals surface area contributed by atoms with Gasteiger partial charge in [-0.3, -0.25) is 14.4 Å². The van der Waals surface area contributed by atoms with E-state index in [-0.39, 0.29) is 29.1 Å². The number of likely N-dealkylation sites (tertiary alicyclic amines) is 1. The molecule has 9 nitrogen and oxygen atoms in total. The molecule has 3 aliphatic rings. The lowest BCUT2D eigenvalue weighted by molar-refractivity contribution is -0.144. The van der Waals surface area contributed by atoms with Crippen LogP contribution in [0.2, 0.25) is 0 Å². The number of piperidine rings is 1. The van der Waals surface area contributed by atoms with Crippen molar-refractivity contribution in [3.8, 4) is 6.07 Å². The SMILES string of the molecule is CNC(=S)N[C@H](C(=O)N1CC2C(C)(C)C2([C@@H](C#N)C[C@H]2CCNC2=O)C1C(N)=O)C(C)(C)C. The zero-order valence-electron chi connectivity index (χ0n) is 20.3. The van der Waals surface area contributed by atoms with E-state index in [0.717, 1.165) is 0 Å². The van der Waals surface area contributed by atoms with Crippen LogP contribution in [0, 0.1) is 45.3 Å². The summed E-state index contributed by atoms with van der Waals surface area (Å²) in [7, 11) is 1.67. The fourth-order valence-corrected chi connectivity index (χ4v) is 6.56. The quantitative estimate of drug-likeness (QED) is 0.409. The topological polar surface area (TPSA) is 140 Å². The van der Waals surface area contributed by atoms with Crippen molar-refractivity contribution in [3.05, 3.63) is 0 Å². The first kappa shape index (κ1) is 25.2. The number of primary amides is 1. The van der Waals surface area contributed by atoms with Gasteiger partial charge in [-0.1, -0.05) is 34.6 Å². The van der Waals surface area contributed by atoms with Crippen molar-refractivity contribution in [2.45, 2.75) is 59.5 Å². The largest absolute Gasteiger partial charge is 0.368 e. The van der Waals surface area contributed by atoms with Crippen LogP contribution in [0.4, 0.5) is 0 Å². The van der Waals surface area contributed by atoms with E-state index in [2.05, 4.69) is 22.0 Å². The first-order valence-electron chi connectivity index (χ1n) is 11.5. The number of hydrogen-bond acceptors (Lipinski definition) is 5. The van der Waals surface area contributed by atoms with Crippen LogP contribution < -0.4 is 21.7 Å². The molecule has 2 saturated heterocycles. The van der Waals surface area contributed by atoms with Crippen molar-refractivity contribution in [1.82, 2.24) is 20.9 Å². The maximum atomic E-state index is 13.8. The Morgan fingerprint density at radius 2 is 2.03 bits per heavy atom. The Morgan fingerprint density at radius 1 is 1.39 bits per heavy atom. The van der Waals surface area contributed by atoms with Crippen LogP contribution in [0.5, 0.6) is 0 Å². The van der Waals surface area contributed by atoms with E-state index in [9.17, 15) is 19.6 Å². The molecule has 1 aliphatic carbocycles. The fraction of sp³-hybridized carbons (Fsp3) is 0.783. The van der Waals surface area contributed by atoms with Gasteiger partial charge in [0.05, 0.1) is 12.0 Å². The summed E-state index contributed by atoms with van der Waals surface area (Å²) in [5, 5.41) is 19.3. The second-order valence-corrected chi connectivity index (χ2v) is 11.6. The van der Waals surface area contributed by atoms with E-state index in [1.807, 2.05) is 34.6 Å². The van der Waals surface area contributed by atoms with Crippen LogP contribution in [0.1, 0.15) is 47.5 Å². The predicted octanol–water partition coefficient (Wildman–Crippen LogP) is 0.499. The lowest BCUT2D eigenvalue weighted by atomic mass is 9.73. The van der Waals surface area contributed by atoms with Crippen molar-refractivity contribution in [3.63, 3.8) is 0 Å². The van der Waals surface area contributed by atoms with Crippen LogP contribution in [0.25, 0.3) is 0 Å². The zero-order chi connectivity index (χ0) is 24.9. The van der Waals surface area contributed by atoms with Crippen LogP contribution >= 0.6 is 12.2 Å². The zero-order valence-corrected chi connectivity index (χ0v) is 21.1. The standard InChI is InChI=1S/C23H36N6O3S/c1-21(2,3)15(28-20(33)26-6)19(32)29-11-14-22(4,5)23(14,16(29)17(25)30)13(10-24)9-12-7-8-27-18(12)31/h12-16H,7-9,11H2,1-6H3,(H2,25,30)(H,27,31)(H2,26,28,33)/t12-,13-,14?,15-,16?,23?/m1/s1. The Hall–Kier alpha value is -2.41. The molecule has 0 bridgehead atoms. The highest BCUT2D eigenvalue weighted by Crippen LogP contribution is 2.78. The highest BCUT2D eigenvalue weighted by Gasteiger charge is 2.83. The number of thiocarbonyl (C=S) groups is 1. The van der Waals surface area contributed by atoms with Crippen LogP contribution in [0.15, 0.2) is 0 Å². The smallest absolute Gasteiger partial charge is 0.246 e. The Kier molecular flexibility index (Phi) is 6.44. The number of nitriles is 1. The minimum atomic E-state index is -0.922. The highest BCUT2D eigenvalue weighted by molar-refractivity contribution is 7.80. The third-order valence-electron chi connectivity index (χ3n) is 8.21. The third kappa shape index (κ3) is 3.84. The molecule has 0 spiro atoms. The fourth-order valence-electron chi connectivity index (χ4n) is 6.44. The molecule has 2 aliphatic heterocycles. The molecule has 2 heterocycles. The molecular formula is C23H36N6O3S. The normalized spacial score (nSPS) is 31.6. The summed E-state index contributed by atoms with van der Waals surface area (Å²) in [5.41, 5.74) is 4.30. The van der Waals surface area contributed by atoms with E-state index >= 15 is 0 Å². The number of carbonyl (C=O) groups excluding carboxylic acids is 3. The van der Waals surface area contributed by atoms with Crippen LogP contribution in [-0.4, -0.2) is 60.0 Å². The highest BCUT2D eigenvalue weighted by atomic mass is 32.1. The molecule has 0 aromatic heterocycles. The van der Waals surface area contributed by atoms with Crippen LogP contribution in [0.3, 0.4) is 0 Å². The van der Waals surface area contributed by atoms with Gasteiger partial charge in [-0.25, -0.2) is 0 Å². The van der Waals surface area contributed by atoms with Gasteiger partial charge >= 0.3 is 0 Å². The number of amides is 3. The van der Waals surface area contributed by atoms with Crippen molar-refractivity contribution in [1.29, 1.82) is 5.26 Å². The Bertz CT molecular complexity index is 907. The first-order chi connectivity index (χ1) is 15.2. The van der Waals surface area contributed by atoms with Gasteiger partial charge in [0.1, 0.15) is 12.1 Å². The Labute approximate surface area is 201 Å². The van der Waals surface area contributed by atoms with Gasteiger partial charge in [-0.05, 0) is 41.8 Å². The van der Waals surface area contributed by atoms with Crippen molar-refractivity contribution in [2.24, 2.45) is 39.7 Å². The minimum absolute atomic E-state index is 0.0548. The number of rotatable bonds is 6. The van der Waals surface area contributed by atoms with E-state index in [0.29, 0.717) is 31.0 Å². The molecular weight excluding hydrogens is 440 g/mol. The van der Waals surface area contributed by atoms with E-state index in [1.165, 1.54) is 0 Å². The first-order valence-corrected chi connectivity index (χ1v) is 11.9. The predicted molar refractivity (Wildman–Crippen MR) is 127 cm³/mol. The van der Waals surface area contributed by atoms with Crippen molar-refractivity contribution in [2.75, 3.05) is 20.1 Å². The molecule has 6 atom stereocenters. The Balaban J connectivity index is 1.98. The molecule has 0 aromatic rings. The maximum Gasteiger partial charge on any atom is 0.246 e. The summed E-state index contributed by atoms with van der Waals surface area (Å²) in [6.45, 7) is 10.8. The summed E-state index contributed by atoms with van der Waals surface area (Å²) in [6.07, 6.45) is 1.03. The van der Waals surface area contributed by atoms with Gasteiger partial charge < -0.3 is 26.6 Å². The monoisotopic (exact) mass is 476 g/mol. The summed E-state index contributed by atoms with van der Waals surface area (Å²) in [4.78, 5) is 40.5. The average molecular weight is 477 g/mol. The minimum Gasteiger partial charge on any atom is -0.368 e.